The number of nitrogens with zero attached hydrogens (tertiary/aromatic N) is 6. The molecule has 48 heavy (non-hydrogen) atoms. The summed E-state index contributed by atoms with van der Waals surface area (Å²) in [4.78, 5) is 36.7. The Kier molecular flexibility index (Phi) is 8.09. The zero-order valence-corrected chi connectivity index (χ0v) is 27.2. The van der Waals surface area contributed by atoms with Gasteiger partial charge in [0.15, 0.2) is 0 Å². The molecule has 2 aromatic carbocycles. The molecule has 0 radical (unpaired) electrons. The Morgan fingerprint density at radius 3 is 2.73 bits per heavy atom. The first-order chi connectivity index (χ1) is 23.2. The summed E-state index contributed by atoms with van der Waals surface area (Å²) < 4.78 is 45.7. The number of amides is 1. The van der Waals surface area contributed by atoms with Crippen LogP contribution in [-0.4, -0.2) is 61.5 Å². The lowest BCUT2D eigenvalue weighted by Gasteiger charge is -2.33. The molecule has 0 aliphatic carbocycles. The SMILES string of the molecule is C=CC(=O)N1Cc2cc(-c3nc(-c4ccc5c(=O)n(C)cnc5c4)c4ccsc4c3-c3c(F)cc(F)cc3OCCOC)nn2C[C@H]1C. The van der Waals surface area contributed by atoms with Crippen LogP contribution in [-0.2, 0) is 29.7 Å². The van der Waals surface area contributed by atoms with E-state index < -0.39 is 11.6 Å². The van der Waals surface area contributed by atoms with Crippen LogP contribution < -0.4 is 10.3 Å². The molecule has 5 heterocycles. The number of benzene rings is 2. The standard InChI is InChI=1S/C35H30F2N6O4S/c1-5-29(44)42-17-22-15-27(40-43(22)16-19(42)2)33-31(30-25(37)13-21(36)14-28(30)47-10-9-46-4)34-24(8-11-48-34)32(39-33)20-6-7-23-26(12-20)38-18-41(3)35(23)45/h5-8,11-15,18-19H,1,9-10,16-17H2,2-4H3/t19-/m1/s1. The molecule has 1 aliphatic rings. The molecule has 10 nitrogen and oxygen atoms in total. The van der Waals surface area contributed by atoms with Crippen molar-refractivity contribution >= 4 is 38.2 Å². The van der Waals surface area contributed by atoms with E-state index in [9.17, 15) is 14.0 Å². The van der Waals surface area contributed by atoms with Crippen molar-refractivity contribution in [3.8, 4) is 39.5 Å². The van der Waals surface area contributed by atoms with Crippen LogP contribution in [0.4, 0.5) is 8.78 Å². The quantitative estimate of drug-likeness (QED) is 0.146. The molecule has 4 aromatic heterocycles. The van der Waals surface area contributed by atoms with Crippen molar-refractivity contribution in [3.63, 3.8) is 0 Å². The number of pyridine rings is 1. The van der Waals surface area contributed by atoms with E-state index >= 15 is 4.39 Å². The van der Waals surface area contributed by atoms with E-state index in [1.165, 1.54) is 35.4 Å². The van der Waals surface area contributed by atoms with Crippen molar-refractivity contribution in [3.05, 3.63) is 94.5 Å². The monoisotopic (exact) mass is 668 g/mol. The Balaban J connectivity index is 1.50. The fourth-order valence-corrected chi connectivity index (χ4v) is 7.06. The molecule has 13 heteroatoms. The largest absolute Gasteiger partial charge is 0.490 e. The van der Waals surface area contributed by atoms with Crippen LogP contribution in [0.1, 0.15) is 12.6 Å². The molecule has 0 saturated carbocycles. The first kappa shape index (κ1) is 31.3. The van der Waals surface area contributed by atoms with E-state index in [-0.39, 0.29) is 42.0 Å². The zero-order valence-electron chi connectivity index (χ0n) is 26.4. The highest BCUT2D eigenvalue weighted by molar-refractivity contribution is 7.18. The summed E-state index contributed by atoms with van der Waals surface area (Å²) in [6, 6.07) is 10.9. The van der Waals surface area contributed by atoms with Crippen LogP contribution in [0, 0.1) is 11.6 Å². The Hall–Kier alpha value is -5.27. The number of carbonyl (C=O) groups excluding carboxylic acids is 1. The Labute approximate surface area is 277 Å². The number of rotatable bonds is 8. The van der Waals surface area contributed by atoms with Gasteiger partial charge in [-0.1, -0.05) is 12.6 Å². The number of aryl methyl sites for hydroxylation is 1. The van der Waals surface area contributed by atoms with Crippen LogP contribution in [0.2, 0.25) is 0 Å². The minimum Gasteiger partial charge on any atom is -0.490 e. The van der Waals surface area contributed by atoms with E-state index in [1.54, 1.807) is 24.1 Å². The summed E-state index contributed by atoms with van der Waals surface area (Å²) in [5, 5.41) is 7.96. The average Bonchev–Trinajstić information content (AvgIpc) is 3.73. The third-order valence-corrected chi connectivity index (χ3v) is 9.41. The molecule has 0 saturated heterocycles. The van der Waals surface area contributed by atoms with Gasteiger partial charge in [-0.2, -0.15) is 5.10 Å². The second kappa shape index (κ2) is 12.4. The van der Waals surface area contributed by atoms with Gasteiger partial charge in [0.05, 0.1) is 53.9 Å². The molecular weight excluding hydrogens is 638 g/mol. The van der Waals surface area contributed by atoms with Gasteiger partial charge >= 0.3 is 0 Å². The predicted molar refractivity (Wildman–Crippen MR) is 180 cm³/mol. The van der Waals surface area contributed by atoms with E-state index in [4.69, 9.17) is 19.6 Å². The van der Waals surface area contributed by atoms with Gasteiger partial charge in [-0.25, -0.2) is 18.7 Å². The first-order valence-electron chi connectivity index (χ1n) is 15.2. The molecule has 244 valence electrons. The summed E-state index contributed by atoms with van der Waals surface area (Å²) in [5.41, 5.74) is 3.57. The number of thiophene rings is 1. The second-order valence-corrected chi connectivity index (χ2v) is 12.5. The normalized spacial score (nSPS) is 14.4. The van der Waals surface area contributed by atoms with Gasteiger partial charge < -0.3 is 18.9 Å². The fourth-order valence-electron chi connectivity index (χ4n) is 6.11. The Morgan fingerprint density at radius 2 is 1.94 bits per heavy atom. The highest BCUT2D eigenvalue weighted by Crippen LogP contribution is 2.47. The molecule has 6 aromatic rings. The van der Waals surface area contributed by atoms with E-state index in [2.05, 4.69) is 11.6 Å². The van der Waals surface area contributed by atoms with Gasteiger partial charge in [-0.3, -0.25) is 14.3 Å². The highest BCUT2D eigenvalue weighted by atomic mass is 32.1. The minimum absolute atomic E-state index is 0.00106. The molecule has 0 bridgehead atoms. The van der Waals surface area contributed by atoms with Crippen molar-refractivity contribution in [1.82, 2.24) is 29.2 Å². The molecular formula is C35H30F2N6O4S. The maximum absolute atomic E-state index is 16.1. The third kappa shape index (κ3) is 5.34. The van der Waals surface area contributed by atoms with Crippen LogP contribution in [0.3, 0.4) is 0 Å². The lowest BCUT2D eigenvalue weighted by Crippen LogP contribution is -2.44. The van der Waals surface area contributed by atoms with E-state index in [0.717, 1.165) is 17.8 Å². The first-order valence-corrected chi connectivity index (χ1v) is 16.0. The van der Waals surface area contributed by atoms with Crippen LogP contribution in [0.15, 0.2) is 71.6 Å². The predicted octanol–water partition coefficient (Wildman–Crippen LogP) is 5.96. The number of carbonyl (C=O) groups is 1. The molecule has 1 aliphatic heterocycles. The van der Waals surface area contributed by atoms with Crippen LogP contribution in [0.5, 0.6) is 5.75 Å². The van der Waals surface area contributed by atoms with Crippen LogP contribution in [0.25, 0.3) is 54.8 Å². The number of hydrogen-bond acceptors (Lipinski definition) is 8. The van der Waals surface area contributed by atoms with Gasteiger partial charge in [-0.15, -0.1) is 11.3 Å². The molecule has 1 amide bonds. The number of fused-ring (bicyclic) bond motifs is 3. The number of methoxy groups -OCH3 is 1. The van der Waals surface area contributed by atoms with E-state index in [1.807, 2.05) is 35.2 Å². The van der Waals surface area contributed by atoms with Crippen molar-refractivity contribution < 1.29 is 23.0 Å². The minimum atomic E-state index is -0.820. The molecule has 1 atom stereocenters. The van der Waals surface area contributed by atoms with Crippen molar-refractivity contribution in [2.45, 2.75) is 26.1 Å². The number of ether oxygens (including phenoxy) is 2. The summed E-state index contributed by atoms with van der Waals surface area (Å²) in [6.07, 6.45) is 2.76. The maximum atomic E-state index is 16.1. The molecule has 0 fully saturated rings. The van der Waals surface area contributed by atoms with Crippen molar-refractivity contribution in [2.75, 3.05) is 20.3 Å². The summed E-state index contributed by atoms with van der Waals surface area (Å²) in [5.74, 6) is -1.80. The van der Waals surface area contributed by atoms with E-state index in [0.29, 0.717) is 62.3 Å². The maximum Gasteiger partial charge on any atom is 0.260 e. The average molecular weight is 669 g/mol. The van der Waals surface area contributed by atoms with Crippen LogP contribution >= 0.6 is 11.3 Å². The second-order valence-electron chi connectivity index (χ2n) is 11.6. The summed E-state index contributed by atoms with van der Waals surface area (Å²) in [6.45, 7) is 6.57. The smallest absolute Gasteiger partial charge is 0.260 e. The summed E-state index contributed by atoms with van der Waals surface area (Å²) >= 11 is 1.38. The molecule has 7 rings (SSSR count). The van der Waals surface area contributed by atoms with Gasteiger partial charge in [0, 0.05) is 53.5 Å². The lowest BCUT2D eigenvalue weighted by atomic mass is 9.96. The number of aromatic nitrogens is 5. The lowest BCUT2D eigenvalue weighted by molar-refractivity contribution is -0.129. The number of halogens is 2. The van der Waals surface area contributed by atoms with Gasteiger partial charge in [0.2, 0.25) is 5.91 Å². The fraction of sp³-hybridized carbons (Fsp3) is 0.229. The highest BCUT2D eigenvalue weighted by Gasteiger charge is 2.30. The zero-order chi connectivity index (χ0) is 33.7. The molecule has 0 N–H and O–H groups in total. The Morgan fingerprint density at radius 1 is 1.10 bits per heavy atom. The summed E-state index contributed by atoms with van der Waals surface area (Å²) in [7, 11) is 3.15. The van der Waals surface area contributed by atoms with Gasteiger partial charge in [0.1, 0.15) is 35.4 Å². The van der Waals surface area contributed by atoms with Gasteiger partial charge in [-0.05, 0) is 42.6 Å². The molecule has 0 spiro atoms. The van der Waals surface area contributed by atoms with Gasteiger partial charge in [0.25, 0.3) is 5.56 Å². The molecule has 0 unspecified atom stereocenters. The van der Waals surface area contributed by atoms with Crippen molar-refractivity contribution in [1.29, 1.82) is 0 Å². The Bertz CT molecular complexity index is 2310. The van der Waals surface area contributed by atoms with Crippen molar-refractivity contribution in [2.24, 2.45) is 7.05 Å². The number of hydrogen-bond donors (Lipinski definition) is 0. The third-order valence-electron chi connectivity index (χ3n) is 8.48. The topological polar surface area (TPSA) is 104 Å².